The number of pyridine rings is 1. The standard InChI is InChI=1S/C16H27N3O/c1-11(2)20-15-8-14(9-18-10-15)16(19-17)13-6-4-12(3)5-7-13/h8-13,16,19H,4-7,17H2,1-3H3. The first kappa shape index (κ1) is 15.3. The summed E-state index contributed by atoms with van der Waals surface area (Å²) < 4.78 is 5.72. The summed E-state index contributed by atoms with van der Waals surface area (Å²) in [6.45, 7) is 6.38. The lowest BCUT2D eigenvalue weighted by Crippen LogP contribution is -2.35. The van der Waals surface area contributed by atoms with Crippen LogP contribution in [0.1, 0.15) is 58.1 Å². The summed E-state index contributed by atoms with van der Waals surface area (Å²) in [6, 6.07) is 2.24. The van der Waals surface area contributed by atoms with Gasteiger partial charge in [0.1, 0.15) is 5.75 Å². The van der Waals surface area contributed by atoms with Crippen molar-refractivity contribution < 1.29 is 4.74 Å². The first-order chi connectivity index (χ1) is 9.60. The molecular weight excluding hydrogens is 250 g/mol. The van der Waals surface area contributed by atoms with Gasteiger partial charge in [0.05, 0.1) is 18.3 Å². The Labute approximate surface area is 122 Å². The molecule has 1 unspecified atom stereocenters. The fourth-order valence-corrected chi connectivity index (χ4v) is 3.07. The smallest absolute Gasteiger partial charge is 0.138 e. The van der Waals surface area contributed by atoms with Crippen LogP contribution in [0.5, 0.6) is 5.75 Å². The summed E-state index contributed by atoms with van der Waals surface area (Å²) >= 11 is 0. The molecule has 4 heteroatoms. The van der Waals surface area contributed by atoms with Crippen molar-refractivity contribution in [2.45, 2.75) is 58.6 Å². The van der Waals surface area contributed by atoms with Gasteiger partial charge < -0.3 is 4.74 Å². The molecule has 20 heavy (non-hydrogen) atoms. The largest absolute Gasteiger partial charge is 0.489 e. The summed E-state index contributed by atoms with van der Waals surface area (Å²) in [7, 11) is 0. The second-order valence-corrected chi connectivity index (χ2v) is 6.28. The fraction of sp³-hybridized carbons (Fsp3) is 0.688. The zero-order chi connectivity index (χ0) is 14.5. The molecule has 0 spiro atoms. The van der Waals surface area contributed by atoms with Crippen molar-refractivity contribution in [3.8, 4) is 5.75 Å². The van der Waals surface area contributed by atoms with E-state index in [1.165, 1.54) is 25.7 Å². The minimum absolute atomic E-state index is 0.159. The third kappa shape index (κ3) is 3.93. The number of hydrogen-bond donors (Lipinski definition) is 2. The highest BCUT2D eigenvalue weighted by Crippen LogP contribution is 2.36. The van der Waals surface area contributed by atoms with Crippen molar-refractivity contribution in [3.63, 3.8) is 0 Å². The molecule has 1 aliphatic rings. The maximum absolute atomic E-state index is 5.80. The van der Waals surface area contributed by atoms with Crippen LogP contribution in [-0.4, -0.2) is 11.1 Å². The van der Waals surface area contributed by atoms with E-state index in [4.69, 9.17) is 10.6 Å². The highest BCUT2D eigenvalue weighted by molar-refractivity contribution is 5.26. The quantitative estimate of drug-likeness (QED) is 0.641. The van der Waals surface area contributed by atoms with E-state index in [0.29, 0.717) is 5.92 Å². The van der Waals surface area contributed by atoms with Gasteiger partial charge in [-0.25, -0.2) is 0 Å². The average molecular weight is 277 g/mol. The van der Waals surface area contributed by atoms with E-state index < -0.39 is 0 Å². The molecule has 1 aromatic rings. The topological polar surface area (TPSA) is 60.2 Å². The van der Waals surface area contributed by atoms with Crippen LogP contribution in [0.25, 0.3) is 0 Å². The molecule has 1 atom stereocenters. The van der Waals surface area contributed by atoms with Gasteiger partial charge in [0.15, 0.2) is 0 Å². The molecule has 4 nitrogen and oxygen atoms in total. The molecule has 1 aromatic heterocycles. The van der Waals surface area contributed by atoms with Crippen LogP contribution in [-0.2, 0) is 0 Å². The molecule has 1 heterocycles. The third-order valence-corrected chi connectivity index (χ3v) is 4.18. The van der Waals surface area contributed by atoms with Crippen LogP contribution in [0, 0.1) is 11.8 Å². The normalized spacial score (nSPS) is 24.6. The molecule has 0 radical (unpaired) electrons. The highest BCUT2D eigenvalue weighted by Gasteiger charge is 2.27. The number of ether oxygens (including phenoxy) is 1. The van der Waals surface area contributed by atoms with Gasteiger partial charge in [-0.1, -0.05) is 19.8 Å². The van der Waals surface area contributed by atoms with Crippen molar-refractivity contribution in [1.29, 1.82) is 0 Å². The Morgan fingerprint density at radius 2 is 1.95 bits per heavy atom. The molecule has 0 amide bonds. The lowest BCUT2D eigenvalue weighted by molar-refractivity contribution is 0.228. The molecular formula is C16H27N3O. The van der Waals surface area contributed by atoms with Crippen molar-refractivity contribution >= 4 is 0 Å². The average Bonchev–Trinajstić information content (AvgIpc) is 2.41. The maximum Gasteiger partial charge on any atom is 0.138 e. The lowest BCUT2D eigenvalue weighted by Gasteiger charge is -2.32. The van der Waals surface area contributed by atoms with E-state index in [2.05, 4.69) is 23.4 Å². The molecule has 0 bridgehead atoms. The van der Waals surface area contributed by atoms with Gasteiger partial charge in [0.2, 0.25) is 0 Å². The molecule has 0 aliphatic heterocycles. The molecule has 1 aliphatic carbocycles. The molecule has 1 fully saturated rings. The van der Waals surface area contributed by atoms with Gasteiger partial charge >= 0.3 is 0 Å². The zero-order valence-electron chi connectivity index (χ0n) is 12.8. The second kappa shape index (κ2) is 7.04. The van der Waals surface area contributed by atoms with E-state index >= 15 is 0 Å². The summed E-state index contributed by atoms with van der Waals surface area (Å²) in [5.74, 6) is 8.06. The van der Waals surface area contributed by atoms with Crippen LogP contribution >= 0.6 is 0 Å². The first-order valence-electron chi connectivity index (χ1n) is 7.68. The number of hydrogen-bond acceptors (Lipinski definition) is 4. The predicted molar refractivity (Wildman–Crippen MR) is 81.2 cm³/mol. The summed E-state index contributed by atoms with van der Waals surface area (Å²) in [5.41, 5.74) is 4.12. The van der Waals surface area contributed by atoms with E-state index in [1.54, 1.807) is 6.20 Å². The number of aromatic nitrogens is 1. The lowest BCUT2D eigenvalue weighted by atomic mass is 9.78. The first-order valence-corrected chi connectivity index (χ1v) is 7.68. The van der Waals surface area contributed by atoms with Crippen LogP contribution < -0.4 is 16.0 Å². The van der Waals surface area contributed by atoms with Crippen molar-refractivity contribution in [2.75, 3.05) is 0 Å². The Hall–Kier alpha value is -1.13. The van der Waals surface area contributed by atoms with Gasteiger partial charge in [0, 0.05) is 6.20 Å². The van der Waals surface area contributed by atoms with Crippen molar-refractivity contribution in [2.24, 2.45) is 17.7 Å². The monoisotopic (exact) mass is 277 g/mol. The van der Waals surface area contributed by atoms with Gasteiger partial charge in [0.25, 0.3) is 0 Å². The minimum atomic E-state index is 0.159. The summed E-state index contributed by atoms with van der Waals surface area (Å²) in [5, 5.41) is 0. The van der Waals surface area contributed by atoms with Crippen LogP contribution in [0.2, 0.25) is 0 Å². The second-order valence-electron chi connectivity index (χ2n) is 6.28. The van der Waals surface area contributed by atoms with E-state index in [0.717, 1.165) is 17.2 Å². The molecule has 2 rings (SSSR count). The third-order valence-electron chi connectivity index (χ3n) is 4.18. The van der Waals surface area contributed by atoms with Gasteiger partial charge in [-0.05, 0) is 50.2 Å². The SMILES string of the molecule is CC1CCC(C(NN)c2cncc(OC(C)C)c2)CC1. The molecule has 0 aromatic carbocycles. The number of nitrogens with two attached hydrogens (primary N) is 1. The van der Waals surface area contributed by atoms with E-state index in [9.17, 15) is 0 Å². The minimum Gasteiger partial charge on any atom is -0.489 e. The maximum atomic E-state index is 5.80. The van der Waals surface area contributed by atoms with Gasteiger partial charge in [-0.3, -0.25) is 16.3 Å². The highest BCUT2D eigenvalue weighted by atomic mass is 16.5. The molecule has 1 saturated carbocycles. The van der Waals surface area contributed by atoms with E-state index in [1.807, 2.05) is 20.0 Å². The number of nitrogens with zero attached hydrogens (tertiary/aromatic N) is 1. The Morgan fingerprint density at radius 1 is 1.25 bits per heavy atom. The predicted octanol–water partition coefficient (Wildman–Crippen LogP) is 3.20. The Morgan fingerprint density at radius 3 is 2.55 bits per heavy atom. The van der Waals surface area contributed by atoms with Gasteiger partial charge in [-0.15, -0.1) is 0 Å². The van der Waals surface area contributed by atoms with Crippen LogP contribution in [0.4, 0.5) is 0 Å². The van der Waals surface area contributed by atoms with Crippen LogP contribution in [0.3, 0.4) is 0 Å². The molecule has 3 N–H and O–H groups in total. The van der Waals surface area contributed by atoms with Gasteiger partial charge in [-0.2, -0.15) is 0 Å². The number of rotatable bonds is 5. The van der Waals surface area contributed by atoms with Crippen molar-refractivity contribution in [3.05, 3.63) is 24.0 Å². The number of nitrogens with one attached hydrogen (secondary N) is 1. The Bertz CT molecular complexity index is 414. The summed E-state index contributed by atoms with van der Waals surface area (Å²) in [4.78, 5) is 4.30. The van der Waals surface area contributed by atoms with Crippen molar-refractivity contribution in [1.82, 2.24) is 10.4 Å². The Kier molecular flexibility index (Phi) is 5.38. The Balaban J connectivity index is 2.10. The zero-order valence-corrected chi connectivity index (χ0v) is 12.8. The number of hydrazine groups is 1. The summed E-state index contributed by atoms with van der Waals surface area (Å²) in [6.07, 6.45) is 8.86. The fourth-order valence-electron chi connectivity index (χ4n) is 3.07. The van der Waals surface area contributed by atoms with E-state index in [-0.39, 0.29) is 12.1 Å². The molecule has 0 saturated heterocycles. The molecule has 112 valence electrons. The van der Waals surface area contributed by atoms with Crippen LogP contribution in [0.15, 0.2) is 18.5 Å².